The van der Waals surface area contributed by atoms with E-state index in [4.69, 9.17) is 0 Å². The van der Waals surface area contributed by atoms with E-state index in [0.29, 0.717) is 0 Å². The number of nitro groups is 1. The lowest BCUT2D eigenvalue weighted by Crippen LogP contribution is -2.22. The third-order valence-electron chi connectivity index (χ3n) is 5.58. The van der Waals surface area contributed by atoms with Crippen molar-refractivity contribution in [2.24, 2.45) is 0 Å². The molecular formula is C26H25N3O2. The van der Waals surface area contributed by atoms with Crippen molar-refractivity contribution in [2.45, 2.75) is 19.8 Å². The summed E-state index contributed by atoms with van der Waals surface area (Å²) in [5.74, 6) is 0. The van der Waals surface area contributed by atoms with E-state index in [-0.39, 0.29) is 10.6 Å². The van der Waals surface area contributed by atoms with E-state index in [0.717, 1.165) is 29.9 Å². The van der Waals surface area contributed by atoms with E-state index >= 15 is 0 Å². The van der Waals surface area contributed by atoms with Crippen LogP contribution in [-0.2, 0) is 0 Å². The van der Waals surface area contributed by atoms with Gasteiger partial charge in [0.2, 0.25) is 0 Å². The number of nitrogens with zero attached hydrogens (tertiary/aromatic N) is 3. The Labute approximate surface area is 182 Å². The molecule has 0 N–H and O–H groups in total. The van der Waals surface area contributed by atoms with Crippen LogP contribution in [0.25, 0.3) is 0 Å². The van der Waals surface area contributed by atoms with Gasteiger partial charge in [-0.05, 0) is 68.3 Å². The first-order valence-corrected chi connectivity index (χ1v) is 10.3. The third kappa shape index (κ3) is 4.51. The molecule has 0 heterocycles. The lowest BCUT2D eigenvalue weighted by molar-refractivity contribution is -0.384. The number of hydrogen-bond donors (Lipinski definition) is 0. The molecule has 0 fully saturated rings. The van der Waals surface area contributed by atoms with Crippen LogP contribution >= 0.6 is 0 Å². The lowest BCUT2D eigenvalue weighted by atomic mass is 10.0. The van der Waals surface area contributed by atoms with E-state index in [9.17, 15) is 10.1 Å². The number of benzene rings is 3. The minimum atomic E-state index is -0.373. The van der Waals surface area contributed by atoms with Gasteiger partial charge in [-0.2, -0.15) is 0 Å². The van der Waals surface area contributed by atoms with Crippen LogP contribution in [0.5, 0.6) is 0 Å². The molecule has 1 aliphatic rings. The van der Waals surface area contributed by atoms with Gasteiger partial charge in [-0.15, -0.1) is 0 Å². The number of para-hydroxylation sites is 1. The van der Waals surface area contributed by atoms with Gasteiger partial charge in [0.15, 0.2) is 0 Å². The van der Waals surface area contributed by atoms with Crippen molar-refractivity contribution in [2.75, 3.05) is 16.8 Å². The summed E-state index contributed by atoms with van der Waals surface area (Å²) >= 11 is 0. The minimum Gasteiger partial charge on any atom is -0.348 e. The highest BCUT2D eigenvalue weighted by Gasteiger charge is 2.19. The normalized spacial score (nSPS) is 13.2. The Hall–Kier alpha value is -3.86. The van der Waals surface area contributed by atoms with Gasteiger partial charge in [0.25, 0.3) is 5.69 Å². The molecule has 5 nitrogen and oxygen atoms in total. The van der Waals surface area contributed by atoms with Gasteiger partial charge in [0.05, 0.1) is 4.92 Å². The maximum atomic E-state index is 10.9. The maximum absolute atomic E-state index is 10.9. The molecule has 0 saturated carbocycles. The molecule has 3 aromatic rings. The third-order valence-corrected chi connectivity index (χ3v) is 5.58. The lowest BCUT2D eigenvalue weighted by Gasteiger charge is -2.32. The first-order chi connectivity index (χ1) is 15.0. The van der Waals surface area contributed by atoms with E-state index in [1.807, 2.05) is 13.1 Å². The zero-order chi connectivity index (χ0) is 21.8. The Bertz CT molecular complexity index is 1120. The zero-order valence-corrected chi connectivity index (χ0v) is 17.7. The van der Waals surface area contributed by atoms with Crippen molar-refractivity contribution in [3.8, 4) is 0 Å². The maximum Gasteiger partial charge on any atom is 0.269 e. The zero-order valence-electron chi connectivity index (χ0n) is 17.7. The van der Waals surface area contributed by atoms with Crippen LogP contribution in [0.3, 0.4) is 0 Å². The molecular weight excluding hydrogens is 386 g/mol. The molecule has 0 aliphatic heterocycles. The molecule has 4 rings (SSSR count). The summed E-state index contributed by atoms with van der Waals surface area (Å²) in [6, 6.07) is 25.7. The Kier molecular flexibility index (Phi) is 5.85. The van der Waals surface area contributed by atoms with Crippen LogP contribution in [0.1, 0.15) is 18.4 Å². The number of hydrogen-bond acceptors (Lipinski definition) is 4. The van der Waals surface area contributed by atoms with Crippen molar-refractivity contribution in [3.05, 3.63) is 118 Å². The summed E-state index contributed by atoms with van der Waals surface area (Å²) in [5.41, 5.74) is 6.97. The molecule has 156 valence electrons. The minimum absolute atomic E-state index is 0.105. The van der Waals surface area contributed by atoms with Crippen LogP contribution in [-0.4, -0.2) is 12.0 Å². The predicted octanol–water partition coefficient (Wildman–Crippen LogP) is 6.74. The molecule has 0 saturated heterocycles. The highest BCUT2D eigenvalue weighted by Crippen LogP contribution is 2.35. The SMILES string of the molecule is Cc1ccc(N(C2=CC=C(N(C)c3ccc([N+](=O)[O-])cc3)CC2)c2ccccc2)cc1. The van der Waals surface area contributed by atoms with E-state index in [1.165, 1.54) is 17.0 Å². The van der Waals surface area contributed by atoms with Crippen molar-refractivity contribution in [1.82, 2.24) is 0 Å². The first-order valence-electron chi connectivity index (χ1n) is 10.3. The molecule has 31 heavy (non-hydrogen) atoms. The molecule has 0 radical (unpaired) electrons. The van der Waals surface area contributed by atoms with Gasteiger partial charge in [-0.1, -0.05) is 35.9 Å². The Balaban J connectivity index is 1.62. The molecule has 5 heteroatoms. The number of rotatable bonds is 6. The Morgan fingerprint density at radius 2 is 1.29 bits per heavy atom. The van der Waals surface area contributed by atoms with Crippen molar-refractivity contribution in [1.29, 1.82) is 0 Å². The topological polar surface area (TPSA) is 49.6 Å². The molecule has 0 atom stereocenters. The van der Waals surface area contributed by atoms with Gasteiger partial charge in [-0.25, -0.2) is 0 Å². The summed E-state index contributed by atoms with van der Waals surface area (Å²) in [6.07, 6.45) is 6.10. The fourth-order valence-electron chi connectivity index (χ4n) is 3.80. The van der Waals surface area contributed by atoms with Gasteiger partial charge in [0.1, 0.15) is 0 Å². The monoisotopic (exact) mass is 411 g/mol. The molecule has 3 aromatic carbocycles. The summed E-state index contributed by atoms with van der Waals surface area (Å²) < 4.78 is 0. The number of non-ortho nitro benzene ring substituents is 1. The fraction of sp³-hybridized carbons (Fsp3) is 0.154. The molecule has 0 amide bonds. The second-order valence-electron chi connectivity index (χ2n) is 7.66. The van der Waals surface area contributed by atoms with E-state index in [1.54, 1.807) is 24.3 Å². The molecule has 0 aromatic heterocycles. The number of allylic oxidation sites excluding steroid dienone is 4. The Morgan fingerprint density at radius 1 is 0.742 bits per heavy atom. The number of aryl methyl sites for hydroxylation is 1. The van der Waals surface area contributed by atoms with Crippen LogP contribution in [0.4, 0.5) is 22.7 Å². The number of nitro benzene ring substituents is 1. The molecule has 0 bridgehead atoms. The highest BCUT2D eigenvalue weighted by molar-refractivity contribution is 5.69. The summed E-state index contributed by atoms with van der Waals surface area (Å²) in [7, 11) is 2.00. The Morgan fingerprint density at radius 3 is 1.87 bits per heavy atom. The van der Waals surface area contributed by atoms with E-state index < -0.39 is 0 Å². The van der Waals surface area contributed by atoms with Gasteiger partial charge >= 0.3 is 0 Å². The largest absolute Gasteiger partial charge is 0.348 e. The van der Waals surface area contributed by atoms with Crippen molar-refractivity contribution >= 4 is 22.7 Å². The summed E-state index contributed by atoms with van der Waals surface area (Å²) in [6.45, 7) is 2.10. The standard InChI is InChI=1S/C26H25N3O2/c1-20-8-10-24(11-9-20)28(23-6-4-3-5-7-23)25-16-12-21(13-17-25)27(2)22-14-18-26(19-15-22)29(30)31/h3-12,14-16,18-19H,13,17H2,1-2H3. The van der Waals surface area contributed by atoms with Crippen molar-refractivity contribution in [3.63, 3.8) is 0 Å². The average molecular weight is 412 g/mol. The molecule has 0 spiro atoms. The van der Waals surface area contributed by atoms with Crippen LogP contribution in [0.2, 0.25) is 0 Å². The van der Waals surface area contributed by atoms with Crippen LogP contribution in [0, 0.1) is 17.0 Å². The smallest absolute Gasteiger partial charge is 0.269 e. The van der Waals surface area contributed by atoms with Crippen LogP contribution in [0.15, 0.2) is 102 Å². The summed E-state index contributed by atoms with van der Waals surface area (Å²) in [5, 5.41) is 10.9. The van der Waals surface area contributed by atoms with Gasteiger partial charge < -0.3 is 9.80 Å². The average Bonchev–Trinajstić information content (AvgIpc) is 2.81. The van der Waals surface area contributed by atoms with Gasteiger partial charge in [0, 0.05) is 47.6 Å². The first kappa shape index (κ1) is 20.4. The fourth-order valence-corrected chi connectivity index (χ4v) is 3.80. The summed E-state index contributed by atoms with van der Waals surface area (Å²) in [4.78, 5) is 14.9. The highest BCUT2D eigenvalue weighted by atomic mass is 16.6. The quantitative estimate of drug-likeness (QED) is 0.333. The van der Waals surface area contributed by atoms with E-state index in [2.05, 4.69) is 77.4 Å². The number of anilines is 3. The second-order valence-corrected chi connectivity index (χ2v) is 7.66. The predicted molar refractivity (Wildman–Crippen MR) is 127 cm³/mol. The second kappa shape index (κ2) is 8.88. The van der Waals surface area contributed by atoms with Gasteiger partial charge in [-0.3, -0.25) is 10.1 Å². The van der Waals surface area contributed by atoms with Crippen LogP contribution < -0.4 is 9.80 Å². The van der Waals surface area contributed by atoms with Crippen molar-refractivity contribution < 1.29 is 4.92 Å². The molecule has 1 aliphatic carbocycles. The molecule has 0 unspecified atom stereocenters.